The molecule has 1 heterocycles. The molecule has 23 heavy (non-hydrogen) atoms. The highest BCUT2D eigenvalue weighted by Crippen LogP contribution is 2.34. The first-order valence-electron chi connectivity index (χ1n) is 7.09. The summed E-state index contributed by atoms with van der Waals surface area (Å²) in [5.41, 5.74) is 0.779. The molecule has 0 radical (unpaired) electrons. The molecule has 1 amide bonds. The Kier molecular flexibility index (Phi) is 5.79. The molecule has 5 nitrogen and oxygen atoms in total. The molecule has 0 atom stereocenters. The fourth-order valence-electron chi connectivity index (χ4n) is 2.00. The van der Waals surface area contributed by atoms with Gasteiger partial charge >= 0.3 is 0 Å². The van der Waals surface area contributed by atoms with Crippen LogP contribution >= 0.6 is 24.0 Å². The molecule has 1 aliphatic rings. The number of amides is 1. The van der Waals surface area contributed by atoms with Crippen LogP contribution in [-0.2, 0) is 9.59 Å². The predicted molar refractivity (Wildman–Crippen MR) is 91.7 cm³/mol. The lowest BCUT2D eigenvalue weighted by molar-refractivity contribution is -0.305. The maximum Gasteiger partial charge on any atom is 0.266 e. The Morgan fingerprint density at radius 2 is 2.13 bits per heavy atom. The average Bonchev–Trinajstić information content (AvgIpc) is 2.73. The SMILES string of the molecule is CC(C)Oc1ccccc1/C=C1\SC(=S)N(CCC(=O)[O-])C1=O. The minimum Gasteiger partial charge on any atom is -0.550 e. The van der Waals surface area contributed by atoms with Gasteiger partial charge in [-0.15, -0.1) is 0 Å². The van der Waals surface area contributed by atoms with Gasteiger partial charge < -0.3 is 14.6 Å². The van der Waals surface area contributed by atoms with Gasteiger partial charge in [0.2, 0.25) is 0 Å². The molecule has 1 fully saturated rings. The van der Waals surface area contributed by atoms with Crippen LogP contribution < -0.4 is 9.84 Å². The van der Waals surface area contributed by atoms with Gasteiger partial charge in [-0.1, -0.05) is 42.2 Å². The molecule has 0 bridgehead atoms. The number of hydrogen-bond acceptors (Lipinski definition) is 6. The lowest BCUT2D eigenvalue weighted by Gasteiger charge is -2.14. The molecule has 1 aliphatic heterocycles. The van der Waals surface area contributed by atoms with Crippen LogP contribution in [0.2, 0.25) is 0 Å². The third-order valence-corrected chi connectivity index (χ3v) is 4.36. The highest BCUT2D eigenvalue weighted by atomic mass is 32.2. The van der Waals surface area contributed by atoms with Crippen LogP contribution in [-0.4, -0.2) is 33.7 Å². The van der Waals surface area contributed by atoms with Crippen molar-refractivity contribution in [3.63, 3.8) is 0 Å². The lowest BCUT2D eigenvalue weighted by Crippen LogP contribution is -2.33. The summed E-state index contributed by atoms with van der Waals surface area (Å²) in [4.78, 5) is 24.7. The summed E-state index contributed by atoms with van der Waals surface area (Å²) < 4.78 is 6.08. The van der Waals surface area contributed by atoms with Crippen LogP contribution in [0.4, 0.5) is 0 Å². The van der Waals surface area contributed by atoms with Gasteiger partial charge in [-0.05, 0) is 26.0 Å². The topological polar surface area (TPSA) is 69.7 Å². The van der Waals surface area contributed by atoms with Crippen LogP contribution in [0.5, 0.6) is 5.75 Å². The van der Waals surface area contributed by atoms with Crippen LogP contribution in [0.3, 0.4) is 0 Å². The third-order valence-electron chi connectivity index (χ3n) is 2.98. The number of thioether (sulfide) groups is 1. The number of ether oxygens (including phenoxy) is 1. The van der Waals surface area contributed by atoms with Crippen molar-refractivity contribution >= 4 is 46.3 Å². The minimum atomic E-state index is -1.21. The van der Waals surface area contributed by atoms with Gasteiger partial charge in [-0.25, -0.2) is 0 Å². The van der Waals surface area contributed by atoms with Crippen molar-refractivity contribution in [1.82, 2.24) is 4.90 Å². The van der Waals surface area contributed by atoms with Gasteiger partial charge in [0.25, 0.3) is 5.91 Å². The van der Waals surface area contributed by atoms with Gasteiger partial charge in [0, 0.05) is 24.5 Å². The van der Waals surface area contributed by atoms with E-state index in [1.807, 2.05) is 38.1 Å². The molecule has 0 unspecified atom stereocenters. The largest absolute Gasteiger partial charge is 0.550 e. The summed E-state index contributed by atoms with van der Waals surface area (Å²) in [5.74, 6) is -0.818. The number of hydrogen-bond donors (Lipinski definition) is 0. The number of nitrogens with zero attached hydrogens (tertiary/aromatic N) is 1. The number of aliphatic carboxylic acids is 1. The van der Waals surface area contributed by atoms with Gasteiger partial charge in [0.05, 0.1) is 11.0 Å². The van der Waals surface area contributed by atoms with Crippen molar-refractivity contribution in [1.29, 1.82) is 0 Å². The lowest BCUT2D eigenvalue weighted by atomic mass is 10.2. The molecule has 1 saturated heterocycles. The van der Waals surface area contributed by atoms with Crippen LogP contribution in [0, 0.1) is 0 Å². The number of para-hydroxylation sites is 1. The number of thiocarbonyl (C=S) groups is 1. The van der Waals surface area contributed by atoms with E-state index in [2.05, 4.69) is 0 Å². The minimum absolute atomic E-state index is 0.0159. The van der Waals surface area contributed by atoms with Gasteiger partial charge in [0.15, 0.2) is 0 Å². The van der Waals surface area contributed by atoms with E-state index in [0.29, 0.717) is 15.0 Å². The van der Waals surface area contributed by atoms with E-state index in [-0.39, 0.29) is 25.0 Å². The Labute approximate surface area is 144 Å². The highest BCUT2D eigenvalue weighted by Gasteiger charge is 2.31. The molecule has 0 spiro atoms. The second kappa shape index (κ2) is 7.61. The normalized spacial score (nSPS) is 16.5. The molecule has 2 rings (SSSR count). The monoisotopic (exact) mass is 350 g/mol. The van der Waals surface area contributed by atoms with E-state index in [1.54, 1.807) is 6.08 Å². The van der Waals surface area contributed by atoms with Crippen molar-refractivity contribution in [2.45, 2.75) is 26.4 Å². The standard InChI is InChI=1S/C16H17NO4S2/c1-10(2)21-12-6-4-3-5-11(12)9-13-15(20)17(16(22)23-13)8-7-14(18)19/h3-6,9-10H,7-8H2,1-2H3,(H,18,19)/p-1/b13-9-. The highest BCUT2D eigenvalue weighted by molar-refractivity contribution is 8.26. The van der Waals surface area contributed by atoms with Crippen molar-refractivity contribution in [2.24, 2.45) is 0 Å². The summed E-state index contributed by atoms with van der Waals surface area (Å²) in [7, 11) is 0. The Morgan fingerprint density at radius 3 is 2.78 bits per heavy atom. The first kappa shape index (κ1) is 17.5. The number of carbonyl (C=O) groups is 2. The maximum absolute atomic E-state index is 12.4. The zero-order valence-electron chi connectivity index (χ0n) is 12.8. The van der Waals surface area contributed by atoms with E-state index >= 15 is 0 Å². The molecule has 0 aliphatic carbocycles. The summed E-state index contributed by atoms with van der Waals surface area (Å²) in [6.45, 7) is 3.88. The molecule has 122 valence electrons. The Morgan fingerprint density at radius 1 is 1.43 bits per heavy atom. The van der Waals surface area contributed by atoms with Crippen LogP contribution in [0.15, 0.2) is 29.2 Å². The average molecular weight is 350 g/mol. The van der Waals surface area contributed by atoms with E-state index in [1.165, 1.54) is 4.90 Å². The Bertz CT molecular complexity index is 670. The third kappa shape index (κ3) is 4.56. The second-order valence-corrected chi connectivity index (χ2v) is 6.84. The van der Waals surface area contributed by atoms with E-state index in [9.17, 15) is 14.7 Å². The van der Waals surface area contributed by atoms with E-state index in [4.69, 9.17) is 17.0 Å². The van der Waals surface area contributed by atoms with Gasteiger partial charge in [-0.2, -0.15) is 0 Å². The number of benzene rings is 1. The molecule has 7 heteroatoms. The van der Waals surface area contributed by atoms with Crippen molar-refractivity contribution in [3.05, 3.63) is 34.7 Å². The van der Waals surface area contributed by atoms with Crippen molar-refractivity contribution in [3.8, 4) is 5.75 Å². The molecule has 1 aromatic rings. The summed E-state index contributed by atoms with van der Waals surface area (Å²) >= 11 is 6.30. The molecule has 0 saturated carbocycles. The van der Waals surface area contributed by atoms with Crippen LogP contribution in [0.1, 0.15) is 25.8 Å². The smallest absolute Gasteiger partial charge is 0.266 e. The first-order chi connectivity index (χ1) is 10.9. The number of rotatable bonds is 6. The summed E-state index contributed by atoms with van der Waals surface area (Å²) in [5, 5.41) is 10.6. The Balaban J connectivity index is 2.22. The summed E-state index contributed by atoms with van der Waals surface area (Å²) in [6.07, 6.45) is 1.49. The van der Waals surface area contributed by atoms with E-state index < -0.39 is 5.97 Å². The zero-order chi connectivity index (χ0) is 17.0. The van der Waals surface area contributed by atoms with Gasteiger partial charge in [0.1, 0.15) is 10.1 Å². The molecular formula is C16H16NO4S2-. The van der Waals surface area contributed by atoms with E-state index in [0.717, 1.165) is 17.3 Å². The van der Waals surface area contributed by atoms with Gasteiger partial charge in [-0.3, -0.25) is 9.69 Å². The first-order valence-corrected chi connectivity index (χ1v) is 8.32. The summed E-state index contributed by atoms with van der Waals surface area (Å²) in [6, 6.07) is 7.41. The number of carboxylic acids is 1. The molecule has 1 aromatic carbocycles. The predicted octanol–water partition coefficient (Wildman–Crippen LogP) is 1.81. The van der Waals surface area contributed by atoms with Crippen LogP contribution in [0.25, 0.3) is 6.08 Å². The van der Waals surface area contributed by atoms with Crippen molar-refractivity contribution in [2.75, 3.05) is 6.54 Å². The fraction of sp³-hybridized carbons (Fsp3) is 0.312. The molecule has 0 N–H and O–H groups in total. The Hall–Kier alpha value is -1.86. The quantitative estimate of drug-likeness (QED) is 0.576. The fourth-order valence-corrected chi connectivity index (χ4v) is 3.30. The number of carbonyl (C=O) groups excluding carboxylic acids is 2. The second-order valence-electron chi connectivity index (χ2n) is 5.16. The zero-order valence-corrected chi connectivity index (χ0v) is 14.4. The maximum atomic E-state index is 12.4. The molecular weight excluding hydrogens is 334 g/mol. The molecule has 0 aromatic heterocycles. The number of carboxylic acid groups (broad SMARTS) is 1. The van der Waals surface area contributed by atoms with Crippen molar-refractivity contribution < 1.29 is 19.4 Å².